The Kier molecular flexibility index (Phi) is 5.49. The number of phenolic OH excluding ortho intramolecular Hbond substituents is 2. The quantitative estimate of drug-likeness (QED) is 0.395. The fourth-order valence-electron chi connectivity index (χ4n) is 2.37. The minimum Gasteiger partial charge on any atom is -0.744 e. The molecule has 0 unspecified atom stereocenters. The molecule has 0 amide bonds. The van der Waals surface area contributed by atoms with Gasteiger partial charge in [0.1, 0.15) is 21.6 Å². The third kappa shape index (κ3) is 3.83. The molecule has 0 aliphatic heterocycles. The number of benzene rings is 3. The van der Waals surface area contributed by atoms with Crippen LogP contribution in [0.2, 0.25) is 0 Å². The monoisotopic (exact) mass is 405 g/mol. The van der Waals surface area contributed by atoms with Gasteiger partial charge in [0, 0.05) is 28.8 Å². The summed E-state index contributed by atoms with van der Waals surface area (Å²) in [5.74, 6) is -0.729. The van der Waals surface area contributed by atoms with Crippen LogP contribution in [0.3, 0.4) is 0 Å². The van der Waals surface area contributed by atoms with Gasteiger partial charge in [-0.3, -0.25) is 4.99 Å². The first-order valence-electron chi connectivity index (χ1n) is 6.90. The van der Waals surface area contributed by atoms with Gasteiger partial charge in [0.05, 0.1) is 4.90 Å². The van der Waals surface area contributed by atoms with Crippen LogP contribution in [0, 0.1) is 0 Å². The third-order valence-corrected chi connectivity index (χ3v) is 4.40. The van der Waals surface area contributed by atoms with E-state index in [4.69, 9.17) is 0 Å². The molecule has 6 nitrogen and oxygen atoms in total. The van der Waals surface area contributed by atoms with Gasteiger partial charge in [-0.25, -0.2) is 8.42 Å². The van der Waals surface area contributed by atoms with Crippen molar-refractivity contribution >= 4 is 32.8 Å². The standard InChI is InChI=1S/C17H13NO5S.Cu/c19-15-9-8-11-4-1-2-5-12(11)13(15)10-18-14-6-3-7-16(17(14)20)24(21,22)23;/h1-10,19-20H,(H,21,22,23);/p-1. The van der Waals surface area contributed by atoms with Crippen LogP contribution in [0.25, 0.3) is 10.8 Å². The number of nitrogens with zero attached hydrogens (tertiary/aromatic N) is 1. The summed E-state index contributed by atoms with van der Waals surface area (Å²) >= 11 is 0. The molecule has 0 saturated heterocycles. The maximum Gasteiger partial charge on any atom is 0.158 e. The molecule has 0 heterocycles. The number of aromatic hydroxyl groups is 2. The van der Waals surface area contributed by atoms with E-state index in [2.05, 4.69) is 4.99 Å². The Hall–Kier alpha value is -2.38. The molecule has 0 spiro atoms. The predicted octanol–water partition coefficient (Wildman–Crippen LogP) is 2.90. The molecule has 2 N–H and O–H groups in total. The van der Waals surface area contributed by atoms with Crippen molar-refractivity contribution in [3.63, 3.8) is 0 Å². The fourth-order valence-corrected chi connectivity index (χ4v) is 2.96. The normalized spacial score (nSPS) is 11.6. The van der Waals surface area contributed by atoms with Gasteiger partial charge < -0.3 is 14.8 Å². The van der Waals surface area contributed by atoms with Crippen molar-refractivity contribution in [2.75, 3.05) is 0 Å². The molecular weight excluding hydrogens is 394 g/mol. The maximum atomic E-state index is 11.1. The van der Waals surface area contributed by atoms with Crippen molar-refractivity contribution < 1.29 is 40.3 Å². The molecule has 1 radical (unpaired) electrons. The molecule has 0 saturated carbocycles. The molecule has 0 bridgehead atoms. The minimum atomic E-state index is -4.81. The van der Waals surface area contributed by atoms with Gasteiger partial charge in [-0.15, -0.1) is 0 Å². The summed E-state index contributed by atoms with van der Waals surface area (Å²) in [6.45, 7) is 0. The summed E-state index contributed by atoms with van der Waals surface area (Å²) in [7, 11) is -4.81. The van der Waals surface area contributed by atoms with Gasteiger partial charge in [-0.1, -0.05) is 36.4 Å². The second-order valence-electron chi connectivity index (χ2n) is 5.06. The van der Waals surface area contributed by atoms with Gasteiger partial charge in [-0.2, -0.15) is 0 Å². The van der Waals surface area contributed by atoms with Crippen molar-refractivity contribution in [1.29, 1.82) is 0 Å². The molecule has 0 aliphatic rings. The van der Waals surface area contributed by atoms with E-state index in [-0.39, 0.29) is 28.5 Å². The molecule has 0 aromatic heterocycles. The number of para-hydroxylation sites is 1. The molecule has 8 heteroatoms. The second-order valence-corrected chi connectivity index (χ2v) is 6.40. The Labute approximate surface area is 154 Å². The topological polar surface area (TPSA) is 110 Å². The van der Waals surface area contributed by atoms with E-state index in [1.807, 2.05) is 12.1 Å². The Morgan fingerprint density at radius 1 is 0.960 bits per heavy atom. The molecule has 0 fully saturated rings. The predicted molar refractivity (Wildman–Crippen MR) is 88.9 cm³/mol. The van der Waals surface area contributed by atoms with Crippen LogP contribution in [0.4, 0.5) is 5.69 Å². The van der Waals surface area contributed by atoms with E-state index in [1.165, 1.54) is 24.4 Å². The average Bonchev–Trinajstić information content (AvgIpc) is 2.54. The van der Waals surface area contributed by atoms with Crippen LogP contribution in [0.1, 0.15) is 5.56 Å². The van der Waals surface area contributed by atoms with E-state index < -0.39 is 20.8 Å². The zero-order valence-corrected chi connectivity index (χ0v) is 14.3. The van der Waals surface area contributed by atoms with Gasteiger partial charge in [-0.05, 0) is 29.0 Å². The van der Waals surface area contributed by atoms with E-state index in [9.17, 15) is 23.2 Å². The number of hydrogen-bond donors (Lipinski definition) is 2. The number of aliphatic imine (C=N–C) groups is 1. The fraction of sp³-hybridized carbons (Fsp3) is 0. The van der Waals surface area contributed by atoms with Crippen LogP contribution < -0.4 is 0 Å². The summed E-state index contributed by atoms with van der Waals surface area (Å²) < 4.78 is 33.3. The summed E-state index contributed by atoms with van der Waals surface area (Å²) in [5, 5.41) is 21.6. The first kappa shape index (κ1) is 19.0. The Balaban J connectivity index is 0.00000225. The molecular formula is C17H12CuNO5S-. The van der Waals surface area contributed by atoms with Crippen LogP contribution in [-0.4, -0.2) is 29.4 Å². The Morgan fingerprint density at radius 3 is 2.40 bits per heavy atom. The van der Waals surface area contributed by atoms with Gasteiger partial charge >= 0.3 is 0 Å². The summed E-state index contributed by atoms with van der Waals surface area (Å²) in [6.07, 6.45) is 1.31. The summed E-state index contributed by atoms with van der Waals surface area (Å²) in [4.78, 5) is 3.29. The zero-order chi connectivity index (χ0) is 17.3. The molecule has 133 valence electrons. The van der Waals surface area contributed by atoms with E-state index >= 15 is 0 Å². The van der Waals surface area contributed by atoms with Crippen LogP contribution in [-0.2, 0) is 27.2 Å². The third-order valence-electron chi connectivity index (χ3n) is 3.53. The van der Waals surface area contributed by atoms with Crippen molar-refractivity contribution in [3.8, 4) is 11.5 Å². The van der Waals surface area contributed by atoms with Gasteiger partial charge in [0.2, 0.25) is 0 Å². The molecule has 0 aliphatic carbocycles. The number of rotatable bonds is 3. The smallest absolute Gasteiger partial charge is 0.158 e. The number of phenols is 2. The molecule has 3 rings (SSSR count). The van der Waals surface area contributed by atoms with Crippen LogP contribution in [0.15, 0.2) is 64.5 Å². The summed E-state index contributed by atoms with van der Waals surface area (Å²) in [6, 6.07) is 14.3. The Bertz CT molecular complexity index is 1060. The van der Waals surface area contributed by atoms with Crippen molar-refractivity contribution in [3.05, 3.63) is 60.2 Å². The average molecular weight is 406 g/mol. The van der Waals surface area contributed by atoms with Crippen molar-refractivity contribution in [2.45, 2.75) is 4.90 Å². The Morgan fingerprint density at radius 2 is 1.68 bits per heavy atom. The van der Waals surface area contributed by atoms with Gasteiger partial charge in [0.25, 0.3) is 0 Å². The molecule has 3 aromatic carbocycles. The van der Waals surface area contributed by atoms with Crippen LogP contribution in [0.5, 0.6) is 11.5 Å². The zero-order valence-electron chi connectivity index (χ0n) is 12.5. The van der Waals surface area contributed by atoms with E-state index in [0.29, 0.717) is 5.56 Å². The first-order valence-corrected chi connectivity index (χ1v) is 8.31. The van der Waals surface area contributed by atoms with E-state index in [1.54, 1.807) is 18.2 Å². The van der Waals surface area contributed by atoms with E-state index in [0.717, 1.165) is 16.8 Å². The van der Waals surface area contributed by atoms with Crippen molar-refractivity contribution in [2.24, 2.45) is 4.99 Å². The number of fused-ring (bicyclic) bond motifs is 1. The number of hydrogen-bond acceptors (Lipinski definition) is 6. The molecule has 25 heavy (non-hydrogen) atoms. The molecule has 0 atom stereocenters. The largest absolute Gasteiger partial charge is 0.744 e. The second kappa shape index (κ2) is 7.24. The minimum absolute atomic E-state index is 0. The first-order chi connectivity index (χ1) is 11.4. The maximum absolute atomic E-state index is 11.1. The molecule has 3 aromatic rings. The van der Waals surface area contributed by atoms with Crippen LogP contribution >= 0.6 is 0 Å². The van der Waals surface area contributed by atoms with Crippen molar-refractivity contribution in [1.82, 2.24) is 0 Å². The SMILES string of the molecule is O=S(=O)([O-])c1cccc(N=Cc2c(O)ccc3ccccc23)c1O.[Cu]. The summed E-state index contributed by atoms with van der Waals surface area (Å²) in [5.41, 5.74) is 0.335. The van der Waals surface area contributed by atoms with Gasteiger partial charge in [0.15, 0.2) is 5.75 Å².